The van der Waals surface area contributed by atoms with Crippen molar-refractivity contribution >= 4 is 21.4 Å². The zero-order valence-electron chi connectivity index (χ0n) is 11.5. The quantitative estimate of drug-likeness (QED) is 0.546. The maximum Gasteiger partial charge on any atom is 0.154 e. The van der Waals surface area contributed by atoms with E-state index in [1.54, 1.807) is 11.3 Å². The van der Waals surface area contributed by atoms with Gasteiger partial charge in [-0.2, -0.15) is 5.10 Å². The third kappa shape index (κ3) is 2.14. The molecule has 0 bridgehead atoms. The molecule has 0 amide bonds. The van der Waals surface area contributed by atoms with Crippen LogP contribution in [0.4, 0.5) is 0 Å². The molecule has 3 aromatic heterocycles. The van der Waals surface area contributed by atoms with Gasteiger partial charge in [0, 0.05) is 16.0 Å². The van der Waals surface area contributed by atoms with Crippen molar-refractivity contribution in [2.75, 3.05) is 0 Å². The second-order valence-corrected chi connectivity index (χ2v) is 5.89. The highest BCUT2D eigenvalue weighted by atomic mass is 32.1. The summed E-state index contributed by atoms with van der Waals surface area (Å²) in [6.07, 6.45) is 1.82. The smallest absolute Gasteiger partial charge is 0.154 e. The third-order valence-electron chi connectivity index (χ3n) is 3.49. The summed E-state index contributed by atoms with van der Waals surface area (Å²) in [4.78, 5) is 4.56. The molecular formula is C17H13N3S. The summed E-state index contributed by atoms with van der Waals surface area (Å²) in [5.74, 6) is 0.848. The number of hydrogen-bond acceptors (Lipinski definition) is 3. The standard InChI is InChI=1S/C17H13N3S/c1-12-3-2-4-17(19-12)20-15(7-9-18-20)14-6-5-13-8-10-21-16(13)11-14/h2-11H,1H3. The molecule has 0 atom stereocenters. The van der Waals surface area contributed by atoms with Gasteiger partial charge in [0.1, 0.15) is 0 Å². The fraction of sp³-hybridized carbons (Fsp3) is 0.0588. The molecule has 0 saturated carbocycles. The van der Waals surface area contributed by atoms with Gasteiger partial charge in [-0.3, -0.25) is 0 Å². The topological polar surface area (TPSA) is 30.7 Å². The molecule has 21 heavy (non-hydrogen) atoms. The fourth-order valence-corrected chi connectivity index (χ4v) is 3.29. The second-order valence-electron chi connectivity index (χ2n) is 4.94. The maximum atomic E-state index is 4.56. The van der Waals surface area contributed by atoms with Gasteiger partial charge in [0.25, 0.3) is 0 Å². The fourth-order valence-electron chi connectivity index (χ4n) is 2.47. The van der Waals surface area contributed by atoms with Gasteiger partial charge in [-0.25, -0.2) is 9.67 Å². The molecule has 4 aromatic rings. The van der Waals surface area contributed by atoms with Crippen molar-refractivity contribution in [3.8, 4) is 17.1 Å². The van der Waals surface area contributed by atoms with Crippen LogP contribution in [0.25, 0.3) is 27.2 Å². The van der Waals surface area contributed by atoms with Crippen molar-refractivity contribution in [1.82, 2.24) is 14.8 Å². The number of aryl methyl sites for hydroxylation is 1. The summed E-state index contributed by atoms with van der Waals surface area (Å²) >= 11 is 1.76. The van der Waals surface area contributed by atoms with Crippen LogP contribution in [0.3, 0.4) is 0 Å². The monoisotopic (exact) mass is 291 g/mol. The molecule has 3 heterocycles. The first-order valence-corrected chi connectivity index (χ1v) is 7.65. The second kappa shape index (κ2) is 4.82. The van der Waals surface area contributed by atoms with Crippen LogP contribution in [-0.4, -0.2) is 14.8 Å². The molecule has 4 heteroatoms. The van der Waals surface area contributed by atoms with E-state index < -0.39 is 0 Å². The minimum Gasteiger partial charge on any atom is -0.234 e. The van der Waals surface area contributed by atoms with Crippen LogP contribution in [0.1, 0.15) is 5.69 Å². The molecule has 0 aliphatic carbocycles. The van der Waals surface area contributed by atoms with Crippen LogP contribution in [0, 0.1) is 6.92 Å². The van der Waals surface area contributed by atoms with E-state index in [-0.39, 0.29) is 0 Å². The minimum atomic E-state index is 0.848. The van der Waals surface area contributed by atoms with Gasteiger partial charge in [0.2, 0.25) is 0 Å². The number of aromatic nitrogens is 3. The van der Waals surface area contributed by atoms with E-state index in [4.69, 9.17) is 0 Å². The Hall–Kier alpha value is -2.46. The predicted molar refractivity (Wildman–Crippen MR) is 86.9 cm³/mol. The number of benzene rings is 1. The van der Waals surface area contributed by atoms with Crippen LogP contribution in [0.15, 0.2) is 60.1 Å². The number of hydrogen-bond donors (Lipinski definition) is 0. The minimum absolute atomic E-state index is 0.848. The number of nitrogens with zero attached hydrogens (tertiary/aromatic N) is 3. The number of thiophene rings is 1. The lowest BCUT2D eigenvalue weighted by Gasteiger charge is -2.07. The molecule has 3 nitrogen and oxygen atoms in total. The predicted octanol–water partition coefficient (Wildman–Crippen LogP) is 4.46. The van der Waals surface area contributed by atoms with Gasteiger partial charge in [0.15, 0.2) is 5.82 Å². The van der Waals surface area contributed by atoms with E-state index in [1.165, 1.54) is 10.1 Å². The summed E-state index contributed by atoms with van der Waals surface area (Å²) in [7, 11) is 0. The molecule has 4 rings (SSSR count). The Morgan fingerprint density at radius 2 is 2.00 bits per heavy atom. The molecule has 0 saturated heterocycles. The molecule has 0 aliphatic rings. The van der Waals surface area contributed by atoms with Crippen molar-refractivity contribution in [3.63, 3.8) is 0 Å². The summed E-state index contributed by atoms with van der Waals surface area (Å²) in [6.45, 7) is 1.99. The van der Waals surface area contributed by atoms with Gasteiger partial charge in [-0.05, 0) is 48.0 Å². The Kier molecular flexibility index (Phi) is 2.82. The van der Waals surface area contributed by atoms with Gasteiger partial charge in [-0.1, -0.05) is 18.2 Å². The van der Waals surface area contributed by atoms with E-state index in [0.29, 0.717) is 0 Å². The van der Waals surface area contributed by atoms with E-state index >= 15 is 0 Å². The highest BCUT2D eigenvalue weighted by molar-refractivity contribution is 7.17. The summed E-state index contributed by atoms with van der Waals surface area (Å²) in [5.41, 5.74) is 3.21. The first kappa shape index (κ1) is 12.3. The first-order valence-electron chi connectivity index (χ1n) is 6.77. The Balaban J connectivity index is 1.88. The van der Waals surface area contributed by atoms with Crippen LogP contribution < -0.4 is 0 Å². The molecule has 102 valence electrons. The first-order chi connectivity index (χ1) is 10.3. The van der Waals surface area contributed by atoms with Crippen LogP contribution in [0.2, 0.25) is 0 Å². The van der Waals surface area contributed by atoms with E-state index in [9.17, 15) is 0 Å². The van der Waals surface area contributed by atoms with Gasteiger partial charge in [0.05, 0.1) is 11.9 Å². The van der Waals surface area contributed by atoms with Crippen molar-refractivity contribution in [2.24, 2.45) is 0 Å². The molecule has 0 unspecified atom stereocenters. The van der Waals surface area contributed by atoms with E-state index in [2.05, 4.69) is 39.7 Å². The average Bonchev–Trinajstić information content (AvgIpc) is 3.15. The largest absolute Gasteiger partial charge is 0.234 e. The number of fused-ring (bicyclic) bond motifs is 1. The van der Waals surface area contributed by atoms with E-state index in [0.717, 1.165) is 22.8 Å². The van der Waals surface area contributed by atoms with Crippen molar-refractivity contribution in [3.05, 3.63) is 65.8 Å². The lowest BCUT2D eigenvalue weighted by atomic mass is 10.1. The van der Waals surface area contributed by atoms with E-state index in [1.807, 2.05) is 42.1 Å². The molecule has 1 aromatic carbocycles. The Labute approximate surface area is 126 Å². The van der Waals surface area contributed by atoms with Gasteiger partial charge < -0.3 is 0 Å². The average molecular weight is 291 g/mol. The highest BCUT2D eigenvalue weighted by Gasteiger charge is 2.09. The summed E-state index contributed by atoms with van der Waals surface area (Å²) < 4.78 is 3.18. The van der Waals surface area contributed by atoms with Gasteiger partial charge >= 0.3 is 0 Å². The number of rotatable bonds is 2. The van der Waals surface area contributed by atoms with Crippen LogP contribution in [0.5, 0.6) is 0 Å². The zero-order valence-corrected chi connectivity index (χ0v) is 12.3. The van der Waals surface area contributed by atoms with Crippen molar-refractivity contribution in [1.29, 1.82) is 0 Å². The van der Waals surface area contributed by atoms with Crippen LogP contribution >= 0.6 is 11.3 Å². The zero-order chi connectivity index (χ0) is 14.2. The van der Waals surface area contributed by atoms with Crippen LogP contribution in [-0.2, 0) is 0 Å². The normalized spacial score (nSPS) is 11.1. The highest BCUT2D eigenvalue weighted by Crippen LogP contribution is 2.28. The van der Waals surface area contributed by atoms with Crippen molar-refractivity contribution in [2.45, 2.75) is 6.92 Å². The third-order valence-corrected chi connectivity index (χ3v) is 4.36. The number of pyridine rings is 1. The lowest BCUT2D eigenvalue weighted by molar-refractivity contribution is 0.848. The lowest BCUT2D eigenvalue weighted by Crippen LogP contribution is -2.02. The molecule has 0 aliphatic heterocycles. The Morgan fingerprint density at radius 3 is 2.90 bits per heavy atom. The maximum absolute atomic E-state index is 4.56. The Bertz CT molecular complexity index is 920. The van der Waals surface area contributed by atoms with Crippen molar-refractivity contribution < 1.29 is 0 Å². The molecule has 0 radical (unpaired) electrons. The molecule has 0 fully saturated rings. The molecular weight excluding hydrogens is 278 g/mol. The summed E-state index contributed by atoms with van der Waals surface area (Å²) in [6, 6.07) is 16.6. The van der Waals surface area contributed by atoms with Gasteiger partial charge in [-0.15, -0.1) is 11.3 Å². The SMILES string of the molecule is Cc1cccc(-n2nccc2-c2ccc3ccsc3c2)n1. The molecule has 0 N–H and O–H groups in total. The summed E-state index contributed by atoms with van der Waals surface area (Å²) in [5, 5.41) is 7.83. The Morgan fingerprint density at radius 1 is 1.05 bits per heavy atom. The molecule has 0 spiro atoms.